The van der Waals surface area contributed by atoms with Gasteiger partial charge in [-0.2, -0.15) is 0 Å². The second kappa shape index (κ2) is 4.14. The summed E-state index contributed by atoms with van der Waals surface area (Å²) in [6.45, 7) is 6.96. The fraction of sp³-hybridized carbons (Fsp3) is 0.818. The molecule has 0 aromatic rings. The zero-order chi connectivity index (χ0) is 9.03. The van der Waals surface area contributed by atoms with E-state index in [1.54, 1.807) is 0 Å². The van der Waals surface area contributed by atoms with E-state index in [9.17, 15) is 0 Å². The minimum absolute atomic E-state index is 0.793. The van der Waals surface area contributed by atoms with E-state index < -0.39 is 8.07 Å². The fourth-order valence-electron chi connectivity index (χ4n) is 1.50. The molecule has 1 heteroatoms. The highest BCUT2D eigenvalue weighted by Crippen LogP contribution is 2.28. The van der Waals surface area contributed by atoms with Crippen LogP contribution in [-0.4, -0.2) is 8.07 Å². The van der Waals surface area contributed by atoms with Gasteiger partial charge in [0.1, 0.15) is 8.07 Å². The van der Waals surface area contributed by atoms with Crippen molar-refractivity contribution in [2.45, 2.75) is 51.7 Å². The van der Waals surface area contributed by atoms with Crippen molar-refractivity contribution < 1.29 is 0 Å². The Labute approximate surface area is 77.8 Å². The Hall–Kier alpha value is -0.223. The minimum atomic E-state index is -1.10. The van der Waals surface area contributed by atoms with Crippen LogP contribution in [-0.2, 0) is 0 Å². The highest BCUT2D eigenvalue weighted by Gasteiger charge is 2.25. The summed E-state index contributed by atoms with van der Waals surface area (Å²) in [5, 5.41) is 0. The minimum Gasteiger partial charge on any atom is -0.131 e. The van der Waals surface area contributed by atoms with E-state index in [0.29, 0.717) is 0 Å². The highest BCUT2D eigenvalue weighted by atomic mass is 28.3. The second-order valence-corrected chi connectivity index (χ2v) is 8.82. The normalized spacial score (nSPS) is 16.9. The largest absolute Gasteiger partial charge is 0.137 e. The van der Waals surface area contributed by atoms with Gasteiger partial charge in [-0.1, -0.05) is 20.8 Å². The van der Waals surface area contributed by atoms with E-state index in [2.05, 4.69) is 32.2 Å². The van der Waals surface area contributed by atoms with Crippen LogP contribution in [0, 0.1) is 17.4 Å². The summed E-state index contributed by atoms with van der Waals surface area (Å²) in [6.07, 6.45) is 2.74. The van der Waals surface area contributed by atoms with Crippen molar-refractivity contribution in [3.63, 3.8) is 0 Å². The Morgan fingerprint density at radius 2 is 1.58 bits per heavy atom. The van der Waals surface area contributed by atoms with Gasteiger partial charge >= 0.3 is 0 Å². The quantitative estimate of drug-likeness (QED) is 0.461. The molecule has 0 spiro atoms. The third kappa shape index (κ3) is 2.38. The summed E-state index contributed by atoms with van der Waals surface area (Å²) in [6, 6.07) is 4.04. The van der Waals surface area contributed by atoms with Gasteiger partial charge in [0.15, 0.2) is 0 Å². The molecule has 0 atom stereocenters. The Morgan fingerprint density at radius 1 is 1.08 bits per heavy atom. The smallest absolute Gasteiger partial charge is 0.131 e. The predicted molar refractivity (Wildman–Crippen MR) is 57.7 cm³/mol. The predicted octanol–water partition coefficient (Wildman–Crippen LogP) is 3.45. The van der Waals surface area contributed by atoms with Crippen LogP contribution < -0.4 is 0 Å². The van der Waals surface area contributed by atoms with E-state index in [4.69, 9.17) is 0 Å². The first-order chi connectivity index (χ1) is 5.76. The SMILES string of the molecule is CC[Si](C#CC1CC1)(CC)CC. The lowest BCUT2D eigenvalue weighted by Gasteiger charge is -2.19. The molecule has 1 aliphatic rings. The molecule has 0 nitrogen and oxygen atoms in total. The van der Waals surface area contributed by atoms with E-state index >= 15 is 0 Å². The molecule has 0 saturated heterocycles. The van der Waals surface area contributed by atoms with Crippen molar-refractivity contribution in [3.8, 4) is 11.5 Å². The van der Waals surface area contributed by atoms with E-state index in [1.165, 1.54) is 31.0 Å². The number of hydrogen-bond donors (Lipinski definition) is 0. The molecule has 0 amide bonds. The average molecular weight is 180 g/mol. The summed E-state index contributed by atoms with van der Waals surface area (Å²) in [5.74, 6) is 4.26. The average Bonchev–Trinajstić information content (AvgIpc) is 2.92. The van der Waals surface area contributed by atoms with Crippen LogP contribution >= 0.6 is 0 Å². The molecule has 1 rings (SSSR count). The van der Waals surface area contributed by atoms with Crippen molar-refractivity contribution >= 4 is 8.07 Å². The highest BCUT2D eigenvalue weighted by molar-refractivity contribution is 6.87. The number of hydrogen-bond acceptors (Lipinski definition) is 0. The van der Waals surface area contributed by atoms with Crippen LogP contribution in [0.15, 0.2) is 0 Å². The first-order valence-corrected chi connectivity index (χ1v) is 7.91. The molecule has 1 fully saturated rings. The molecule has 0 bridgehead atoms. The van der Waals surface area contributed by atoms with Gasteiger partial charge in [0.05, 0.1) is 0 Å². The molecule has 0 aliphatic heterocycles. The lowest BCUT2D eigenvalue weighted by molar-refractivity contribution is 1.17. The Morgan fingerprint density at radius 3 is 1.92 bits per heavy atom. The first kappa shape index (κ1) is 9.86. The van der Waals surface area contributed by atoms with E-state index in [-0.39, 0.29) is 0 Å². The zero-order valence-electron chi connectivity index (χ0n) is 8.61. The van der Waals surface area contributed by atoms with Crippen molar-refractivity contribution in [1.29, 1.82) is 0 Å². The van der Waals surface area contributed by atoms with Gasteiger partial charge in [0.2, 0.25) is 0 Å². The maximum Gasteiger partial charge on any atom is 0.137 e. The van der Waals surface area contributed by atoms with Crippen molar-refractivity contribution in [3.05, 3.63) is 0 Å². The lowest BCUT2D eigenvalue weighted by Crippen LogP contribution is -2.29. The van der Waals surface area contributed by atoms with Crippen molar-refractivity contribution in [2.75, 3.05) is 0 Å². The maximum absolute atomic E-state index is 3.63. The zero-order valence-corrected chi connectivity index (χ0v) is 9.61. The monoisotopic (exact) mass is 180 g/mol. The Bertz CT molecular complexity index is 181. The molecular formula is C11H20Si. The van der Waals surface area contributed by atoms with Crippen LogP contribution in [0.5, 0.6) is 0 Å². The van der Waals surface area contributed by atoms with Gasteiger partial charge in [-0.3, -0.25) is 0 Å². The van der Waals surface area contributed by atoms with Gasteiger partial charge in [-0.05, 0) is 31.0 Å². The molecule has 0 radical (unpaired) electrons. The molecule has 68 valence electrons. The third-order valence-electron chi connectivity index (χ3n) is 3.15. The van der Waals surface area contributed by atoms with Crippen LogP contribution in [0.2, 0.25) is 18.1 Å². The van der Waals surface area contributed by atoms with Crippen LogP contribution in [0.1, 0.15) is 33.6 Å². The fourth-order valence-corrected chi connectivity index (χ4v) is 4.04. The van der Waals surface area contributed by atoms with Gasteiger partial charge in [0.25, 0.3) is 0 Å². The van der Waals surface area contributed by atoms with Gasteiger partial charge in [-0.25, -0.2) is 0 Å². The standard InChI is InChI=1S/C11H20Si/c1-4-12(5-2,6-3)10-9-11-7-8-11/h11H,4-8H2,1-3H3. The van der Waals surface area contributed by atoms with Crippen LogP contribution in [0.4, 0.5) is 0 Å². The molecule has 0 unspecified atom stereocenters. The Balaban J connectivity index is 2.57. The number of rotatable bonds is 3. The van der Waals surface area contributed by atoms with Gasteiger partial charge in [-0.15, -0.1) is 11.5 Å². The topological polar surface area (TPSA) is 0 Å². The van der Waals surface area contributed by atoms with E-state index in [0.717, 1.165) is 5.92 Å². The summed E-state index contributed by atoms with van der Waals surface area (Å²) in [7, 11) is -1.10. The molecule has 1 aliphatic carbocycles. The molecule has 0 N–H and O–H groups in total. The third-order valence-corrected chi connectivity index (χ3v) is 7.88. The molecule has 0 aromatic heterocycles. The van der Waals surface area contributed by atoms with Crippen LogP contribution in [0.3, 0.4) is 0 Å². The molecule has 0 aromatic carbocycles. The molecule has 1 saturated carbocycles. The molecule has 12 heavy (non-hydrogen) atoms. The molecule has 0 heterocycles. The maximum atomic E-state index is 3.63. The van der Waals surface area contributed by atoms with Crippen molar-refractivity contribution in [1.82, 2.24) is 0 Å². The second-order valence-electron chi connectivity index (χ2n) is 3.88. The first-order valence-electron chi connectivity index (χ1n) is 5.29. The molecular weight excluding hydrogens is 160 g/mol. The summed E-state index contributed by atoms with van der Waals surface area (Å²) in [4.78, 5) is 0. The summed E-state index contributed by atoms with van der Waals surface area (Å²) in [5.41, 5.74) is 3.63. The summed E-state index contributed by atoms with van der Waals surface area (Å²) >= 11 is 0. The Kier molecular flexibility index (Phi) is 3.40. The van der Waals surface area contributed by atoms with Crippen LogP contribution in [0.25, 0.3) is 0 Å². The lowest BCUT2D eigenvalue weighted by atomic mass is 10.5. The van der Waals surface area contributed by atoms with Crippen molar-refractivity contribution in [2.24, 2.45) is 5.92 Å². The summed E-state index contributed by atoms with van der Waals surface area (Å²) < 4.78 is 0. The van der Waals surface area contributed by atoms with E-state index in [1.807, 2.05) is 0 Å². The van der Waals surface area contributed by atoms with Gasteiger partial charge < -0.3 is 0 Å². The van der Waals surface area contributed by atoms with Gasteiger partial charge in [0, 0.05) is 5.92 Å².